The highest BCUT2D eigenvalue weighted by molar-refractivity contribution is 5.96. The Morgan fingerprint density at radius 3 is 2.71 bits per heavy atom. The Kier molecular flexibility index (Phi) is 2.60. The van der Waals surface area contributed by atoms with Crippen molar-refractivity contribution in [1.82, 2.24) is 4.57 Å². The molecule has 1 heterocycles. The van der Waals surface area contributed by atoms with Gasteiger partial charge in [-0.05, 0) is 26.0 Å². The molecule has 1 aromatic carbocycles. The van der Waals surface area contributed by atoms with Crippen LogP contribution in [0, 0.1) is 11.3 Å². The van der Waals surface area contributed by atoms with Crippen LogP contribution in [0.1, 0.15) is 35.9 Å². The molecule has 0 bridgehead atoms. The van der Waals surface area contributed by atoms with Crippen molar-refractivity contribution < 1.29 is 9.90 Å². The first-order chi connectivity index (χ1) is 8.06. The van der Waals surface area contributed by atoms with E-state index in [0.29, 0.717) is 11.1 Å². The molecule has 1 aromatic heterocycles. The summed E-state index contributed by atoms with van der Waals surface area (Å²) in [5.41, 5.74) is 1.42. The molecule has 2 rings (SSSR count). The van der Waals surface area contributed by atoms with Crippen molar-refractivity contribution in [2.45, 2.75) is 19.9 Å². The highest BCUT2D eigenvalue weighted by Crippen LogP contribution is 2.26. The van der Waals surface area contributed by atoms with Gasteiger partial charge in [0, 0.05) is 11.4 Å². The maximum absolute atomic E-state index is 11.2. The standard InChI is InChI=1S/C13H12N2O2/c1-8(2)15-11(13(16)17)6-9-4-3-5-10(7-14)12(9)15/h3-6,8H,1-2H3,(H,16,17). The van der Waals surface area contributed by atoms with E-state index >= 15 is 0 Å². The number of para-hydroxylation sites is 1. The molecule has 0 aliphatic heterocycles. The third-order valence-corrected chi connectivity index (χ3v) is 2.72. The molecular formula is C13H12N2O2. The predicted octanol–water partition coefficient (Wildman–Crippen LogP) is 2.79. The van der Waals surface area contributed by atoms with E-state index in [4.69, 9.17) is 5.26 Å². The van der Waals surface area contributed by atoms with Gasteiger partial charge in [0.2, 0.25) is 0 Å². The molecule has 2 aromatic rings. The number of aromatic carboxylic acids is 1. The van der Waals surface area contributed by atoms with E-state index < -0.39 is 5.97 Å². The maximum atomic E-state index is 11.2. The van der Waals surface area contributed by atoms with E-state index in [-0.39, 0.29) is 11.7 Å². The summed E-state index contributed by atoms with van der Waals surface area (Å²) >= 11 is 0. The number of nitrogens with zero attached hydrogens (tertiary/aromatic N) is 2. The van der Waals surface area contributed by atoms with E-state index in [9.17, 15) is 9.90 Å². The number of benzene rings is 1. The maximum Gasteiger partial charge on any atom is 0.352 e. The first-order valence-electron chi connectivity index (χ1n) is 5.33. The van der Waals surface area contributed by atoms with Crippen molar-refractivity contribution in [3.63, 3.8) is 0 Å². The van der Waals surface area contributed by atoms with Gasteiger partial charge in [-0.1, -0.05) is 12.1 Å². The van der Waals surface area contributed by atoms with E-state index in [1.165, 1.54) is 0 Å². The van der Waals surface area contributed by atoms with Gasteiger partial charge in [-0.3, -0.25) is 0 Å². The summed E-state index contributed by atoms with van der Waals surface area (Å²) in [5, 5.41) is 19.0. The zero-order valence-corrected chi connectivity index (χ0v) is 9.64. The molecule has 0 fully saturated rings. The number of hydrogen-bond acceptors (Lipinski definition) is 2. The van der Waals surface area contributed by atoms with Crippen LogP contribution in [0.2, 0.25) is 0 Å². The molecule has 0 aliphatic rings. The van der Waals surface area contributed by atoms with Crippen molar-refractivity contribution in [2.24, 2.45) is 0 Å². The van der Waals surface area contributed by atoms with Crippen LogP contribution in [0.25, 0.3) is 10.9 Å². The number of nitriles is 1. The summed E-state index contributed by atoms with van der Waals surface area (Å²) < 4.78 is 1.69. The van der Waals surface area contributed by atoms with Crippen molar-refractivity contribution in [3.05, 3.63) is 35.5 Å². The lowest BCUT2D eigenvalue weighted by atomic mass is 10.1. The molecule has 0 atom stereocenters. The van der Waals surface area contributed by atoms with Gasteiger partial charge in [0.15, 0.2) is 0 Å². The fraction of sp³-hybridized carbons (Fsp3) is 0.231. The molecule has 0 spiro atoms. The fourth-order valence-corrected chi connectivity index (χ4v) is 2.08. The first kappa shape index (κ1) is 11.2. The third-order valence-electron chi connectivity index (χ3n) is 2.72. The van der Waals surface area contributed by atoms with Crippen molar-refractivity contribution >= 4 is 16.9 Å². The van der Waals surface area contributed by atoms with Crippen LogP contribution in [-0.2, 0) is 0 Å². The van der Waals surface area contributed by atoms with Crippen LogP contribution in [0.15, 0.2) is 24.3 Å². The van der Waals surface area contributed by atoms with Crippen LogP contribution in [-0.4, -0.2) is 15.6 Å². The summed E-state index contributed by atoms with van der Waals surface area (Å²) in [7, 11) is 0. The van der Waals surface area contributed by atoms with Gasteiger partial charge in [-0.2, -0.15) is 5.26 Å². The average molecular weight is 228 g/mol. The van der Waals surface area contributed by atoms with Crippen molar-refractivity contribution in [1.29, 1.82) is 5.26 Å². The first-order valence-corrected chi connectivity index (χ1v) is 5.33. The Hall–Kier alpha value is -2.28. The van der Waals surface area contributed by atoms with Crippen LogP contribution >= 0.6 is 0 Å². The summed E-state index contributed by atoms with van der Waals surface area (Å²) in [5.74, 6) is -0.973. The summed E-state index contributed by atoms with van der Waals surface area (Å²) in [6.07, 6.45) is 0. The van der Waals surface area contributed by atoms with Gasteiger partial charge in [-0.25, -0.2) is 4.79 Å². The molecule has 0 radical (unpaired) electrons. The zero-order valence-electron chi connectivity index (χ0n) is 9.64. The highest BCUT2D eigenvalue weighted by Gasteiger charge is 2.18. The second kappa shape index (κ2) is 3.95. The fourth-order valence-electron chi connectivity index (χ4n) is 2.08. The average Bonchev–Trinajstić information content (AvgIpc) is 2.67. The molecule has 86 valence electrons. The molecule has 0 saturated carbocycles. The number of aromatic nitrogens is 1. The Balaban J connectivity index is 2.93. The Morgan fingerprint density at radius 2 is 2.18 bits per heavy atom. The summed E-state index contributed by atoms with van der Waals surface area (Å²) in [6.45, 7) is 3.81. The Bertz CT molecular complexity index is 633. The van der Waals surface area contributed by atoms with Gasteiger partial charge < -0.3 is 9.67 Å². The normalized spacial score (nSPS) is 10.7. The monoisotopic (exact) mass is 228 g/mol. The van der Waals surface area contributed by atoms with Crippen LogP contribution in [0.5, 0.6) is 0 Å². The van der Waals surface area contributed by atoms with Crippen molar-refractivity contribution in [2.75, 3.05) is 0 Å². The number of carboxylic acid groups (broad SMARTS) is 1. The summed E-state index contributed by atoms with van der Waals surface area (Å²) in [6, 6.07) is 8.99. The van der Waals surface area contributed by atoms with Crippen LogP contribution in [0.3, 0.4) is 0 Å². The lowest BCUT2D eigenvalue weighted by Crippen LogP contribution is -2.10. The number of hydrogen-bond donors (Lipinski definition) is 1. The third kappa shape index (κ3) is 1.66. The van der Waals surface area contributed by atoms with E-state index in [2.05, 4.69) is 6.07 Å². The van der Waals surface area contributed by atoms with Gasteiger partial charge in [0.1, 0.15) is 11.8 Å². The predicted molar refractivity (Wildman–Crippen MR) is 64.0 cm³/mol. The molecule has 4 heteroatoms. The molecular weight excluding hydrogens is 216 g/mol. The Morgan fingerprint density at radius 1 is 1.47 bits per heavy atom. The van der Waals surface area contributed by atoms with E-state index in [0.717, 1.165) is 5.39 Å². The van der Waals surface area contributed by atoms with E-state index in [1.807, 2.05) is 19.9 Å². The quantitative estimate of drug-likeness (QED) is 0.859. The second-order valence-corrected chi connectivity index (χ2v) is 4.15. The SMILES string of the molecule is CC(C)n1c(C(=O)O)cc2cccc(C#N)c21. The molecule has 0 saturated heterocycles. The van der Waals surface area contributed by atoms with Crippen LogP contribution < -0.4 is 0 Å². The largest absolute Gasteiger partial charge is 0.477 e. The van der Waals surface area contributed by atoms with Gasteiger partial charge in [0.25, 0.3) is 0 Å². The minimum Gasteiger partial charge on any atom is -0.477 e. The van der Waals surface area contributed by atoms with Crippen molar-refractivity contribution in [3.8, 4) is 6.07 Å². The topological polar surface area (TPSA) is 66.0 Å². The second-order valence-electron chi connectivity index (χ2n) is 4.15. The molecule has 1 N–H and O–H groups in total. The molecule has 17 heavy (non-hydrogen) atoms. The smallest absolute Gasteiger partial charge is 0.352 e. The highest BCUT2D eigenvalue weighted by atomic mass is 16.4. The number of rotatable bonds is 2. The van der Waals surface area contributed by atoms with Gasteiger partial charge >= 0.3 is 5.97 Å². The number of carboxylic acids is 1. The van der Waals surface area contributed by atoms with Gasteiger partial charge in [0.05, 0.1) is 11.1 Å². The molecule has 4 nitrogen and oxygen atoms in total. The lowest BCUT2D eigenvalue weighted by Gasteiger charge is -2.12. The Labute approximate surface area is 98.7 Å². The zero-order chi connectivity index (χ0) is 12.6. The molecule has 0 unspecified atom stereocenters. The number of fused-ring (bicyclic) bond motifs is 1. The van der Waals surface area contributed by atoms with E-state index in [1.54, 1.807) is 22.8 Å². The molecule has 0 aliphatic carbocycles. The number of carbonyl (C=O) groups is 1. The minimum atomic E-state index is -0.973. The summed E-state index contributed by atoms with van der Waals surface area (Å²) in [4.78, 5) is 11.2. The van der Waals surface area contributed by atoms with Gasteiger partial charge in [-0.15, -0.1) is 0 Å². The lowest BCUT2D eigenvalue weighted by molar-refractivity contribution is 0.0684. The minimum absolute atomic E-state index is 0.00639. The molecule has 0 amide bonds. The van der Waals surface area contributed by atoms with Crippen LogP contribution in [0.4, 0.5) is 0 Å².